The van der Waals surface area contributed by atoms with Gasteiger partial charge in [-0.2, -0.15) is 0 Å². The second-order valence-corrected chi connectivity index (χ2v) is 3.60. The molecule has 0 bridgehead atoms. The average molecular weight is 234 g/mol. The van der Waals surface area contributed by atoms with E-state index in [1.807, 2.05) is 0 Å². The first-order chi connectivity index (χ1) is 5.59. The Morgan fingerprint density at radius 2 is 2.33 bits per heavy atom. The first-order valence-corrected chi connectivity index (χ1v) is 4.26. The summed E-state index contributed by atoms with van der Waals surface area (Å²) in [5, 5.41) is 9.59. The Hall–Kier alpha value is -0.910. The maximum atomic E-state index is 11.0. The normalized spacial score (nSPS) is 12.6. The van der Waals surface area contributed by atoms with Gasteiger partial charge in [-0.25, -0.2) is 0 Å². The lowest BCUT2D eigenvalue weighted by Crippen LogP contribution is -2.19. The minimum atomic E-state index is -0.273. The zero-order chi connectivity index (χ0) is 9.14. The highest BCUT2D eigenvalue weighted by molar-refractivity contribution is 9.10. The van der Waals surface area contributed by atoms with Gasteiger partial charge in [0.2, 0.25) is 11.8 Å². The Morgan fingerprint density at radius 3 is 2.75 bits per heavy atom. The van der Waals surface area contributed by atoms with Crippen LogP contribution in [0.4, 0.5) is 6.01 Å². The molecule has 1 N–H and O–H groups in total. The summed E-state index contributed by atoms with van der Waals surface area (Å²) in [4.78, 5) is 10.8. The summed E-state index contributed by atoms with van der Waals surface area (Å²) in [6.45, 7) is 3.36. The van der Waals surface area contributed by atoms with Crippen LogP contribution in [0.25, 0.3) is 0 Å². The van der Waals surface area contributed by atoms with Gasteiger partial charge in [-0.15, -0.1) is 5.10 Å². The molecule has 0 aliphatic carbocycles. The van der Waals surface area contributed by atoms with Gasteiger partial charge < -0.3 is 4.42 Å². The van der Waals surface area contributed by atoms with Crippen LogP contribution in [0.15, 0.2) is 4.42 Å². The predicted octanol–water partition coefficient (Wildman–Crippen LogP) is 1.10. The zero-order valence-electron chi connectivity index (χ0n) is 6.67. The number of carbonyl (C=O) groups is 1. The fourth-order valence-corrected chi connectivity index (χ4v) is 0.666. The lowest BCUT2D eigenvalue weighted by atomic mass is 10.5. The molecule has 0 spiro atoms. The number of aromatic nitrogens is 2. The topological polar surface area (TPSA) is 68.0 Å². The number of aryl methyl sites for hydroxylation is 1. The highest BCUT2D eigenvalue weighted by atomic mass is 79.9. The van der Waals surface area contributed by atoms with E-state index in [1.54, 1.807) is 13.8 Å². The summed E-state index contributed by atoms with van der Waals surface area (Å²) in [7, 11) is 0. The number of halogens is 1. The monoisotopic (exact) mass is 233 g/mol. The second kappa shape index (κ2) is 3.66. The maximum absolute atomic E-state index is 11.0. The molecule has 0 saturated heterocycles. The van der Waals surface area contributed by atoms with E-state index >= 15 is 0 Å². The van der Waals surface area contributed by atoms with Crippen LogP contribution < -0.4 is 5.32 Å². The van der Waals surface area contributed by atoms with Crippen molar-refractivity contribution in [1.29, 1.82) is 0 Å². The van der Waals surface area contributed by atoms with Gasteiger partial charge in [0.05, 0.1) is 4.83 Å². The van der Waals surface area contributed by atoms with E-state index in [2.05, 4.69) is 31.4 Å². The van der Waals surface area contributed by atoms with Crippen molar-refractivity contribution in [2.75, 3.05) is 5.32 Å². The molecule has 1 heterocycles. The number of nitrogens with zero attached hydrogens (tertiary/aromatic N) is 2. The van der Waals surface area contributed by atoms with E-state index in [4.69, 9.17) is 4.42 Å². The number of anilines is 1. The van der Waals surface area contributed by atoms with Crippen molar-refractivity contribution in [2.24, 2.45) is 0 Å². The number of amides is 1. The van der Waals surface area contributed by atoms with Crippen molar-refractivity contribution in [1.82, 2.24) is 10.2 Å². The summed E-state index contributed by atoms with van der Waals surface area (Å²) < 4.78 is 4.93. The van der Waals surface area contributed by atoms with Crippen molar-refractivity contribution >= 4 is 27.9 Å². The Kier molecular flexibility index (Phi) is 2.80. The van der Waals surface area contributed by atoms with E-state index in [1.165, 1.54) is 0 Å². The van der Waals surface area contributed by atoms with E-state index in [0.29, 0.717) is 5.89 Å². The number of carbonyl (C=O) groups excluding carboxylic acids is 1. The van der Waals surface area contributed by atoms with Crippen LogP contribution in [0.3, 0.4) is 0 Å². The molecule has 0 aromatic carbocycles. The number of hydrogen-bond donors (Lipinski definition) is 1. The minimum absolute atomic E-state index is 0.129. The third kappa shape index (κ3) is 2.30. The molecule has 6 heteroatoms. The lowest BCUT2D eigenvalue weighted by molar-refractivity contribution is -0.115. The smallest absolute Gasteiger partial charge is 0.322 e. The van der Waals surface area contributed by atoms with Gasteiger partial charge in [-0.1, -0.05) is 21.0 Å². The molecule has 1 atom stereocenters. The number of nitrogens with one attached hydrogen (secondary N) is 1. The van der Waals surface area contributed by atoms with Crippen LogP contribution in [0.1, 0.15) is 12.8 Å². The van der Waals surface area contributed by atoms with Crippen LogP contribution >= 0.6 is 15.9 Å². The van der Waals surface area contributed by atoms with Crippen molar-refractivity contribution in [3.63, 3.8) is 0 Å². The van der Waals surface area contributed by atoms with E-state index < -0.39 is 0 Å². The molecular weight excluding hydrogens is 226 g/mol. The molecular formula is C6H8BrN3O2. The number of rotatable bonds is 2. The van der Waals surface area contributed by atoms with E-state index in [0.717, 1.165) is 0 Å². The number of alkyl halides is 1. The highest BCUT2D eigenvalue weighted by Crippen LogP contribution is 2.06. The summed E-state index contributed by atoms with van der Waals surface area (Å²) >= 11 is 3.10. The first kappa shape index (κ1) is 9.18. The molecule has 0 radical (unpaired) electrons. The van der Waals surface area contributed by atoms with Crippen molar-refractivity contribution in [2.45, 2.75) is 18.7 Å². The Balaban J connectivity index is 2.58. The lowest BCUT2D eigenvalue weighted by Gasteiger charge is -1.99. The second-order valence-electron chi connectivity index (χ2n) is 2.23. The van der Waals surface area contributed by atoms with Crippen LogP contribution in [-0.2, 0) is 4.79 Å². The Morgan fingerprint density at radius 1 is 1.67 bits per heavy atom. The summed E-state index contributed by atoms with van der Waals surface area (Å²) in [6.07, 6.45) is 0. The molecule has 1 aromatic rings. The van der Waals surface area contributed by atoms with Crippen molar-refractivity contribution < 1.29 is 9.21 Å². The molecule has 0 aliphatic rings. The molecule has 12 heavy (non-hydrogen) atoms. The molecule has 5 nitrogen and oxygen atoms in total. The summed E-state index contributed by atoms with van der Waals surface area (Å²) in [6, 6.07) is 0.129. The molecule has 1 unspecified atom stereocenters. The van der Waals surface area contributed by atoms with Crippen LogP contribution in [-0.4, -0.2) is 20.9 Å². The molecule has 1 rings (SSSR count). The maximum Gasteiger partial charge on any atom is 0.322 e. The van der Waals surface area contributed by atoms with E-state index in [9.17, 15) is 4.79 Å². The standard InChI is InChI=1S/C6H8BrN3O2/c1-3(7)5(11)8-6-10-9-4(2)12-6/h3H,1-2H3,(H,8,10,11). The van der Waals surface area contributed by atoms with Crippen LogP contribution in [0.5, 0.6) is 0 Å². The molecule has 0 fully saturated rings. The quantitative estimate of drug-likeness (QED) is 0.778. The van der Waals surface area contributed by atoms with Gasteiger partial charge in [-0.05, 0) is 6.92 Å². The van der Waals surface area contributed by atoms with Gasteiger partial charge in [0.1, 0.15) is 0 Å². The van der Waals surface area contributed by atoms with Gasteiger partial charge >= 0.3 is 6.01 Å². The average Bonchev–Trinajstić information content (AvgIpc) is 2.35. The predicted molar refractivity (Wildman–Crippen MR) is 46.1 cm³/mol. The van der Waals surface area contributed by atoms with E-state index in [-0.39, 0.29) is 16.7 Å². The third-order valence-corrected chi connectivity index (χ3v) is 1.53. The van der Waals surface area contributed by atoms with Crippen LogP contribution in [0.2, 0.25) is 0 Å². The Bertz CT molecular complexity index is 284. The zero-order valence-corrected chi connectivity index (χ0v) is 8.25. The highest BCUT2D eigenvalue weighted by Gasteiger charge is 2.11. The van der Waals surface area contributed by atoms with Gasteiger partial charge in [0.25, 0.3) is 0 Å². The summed E-state index contributed by atoms with van der Waals surface area (Å²) in [5.41, 5.74) is 0. The molecule has 66 valence electrons. The van der Waals surface area contributed by atoms with Gasteiger partial charge in [-0.3, -0.25) is 10.1 Å². The minimum Gasteiger partial charge on any atom is -0.408 e. The summed E-state index contributed by atoms with van der Waals surface area (Å²) in [5.74, 6) is 0.214. The molecule has 0 aliphatic heterocycles. The number of hydrogen-bond acceptors (Lipinski definition) is 4. The van der Waals surface area contributed by atoms with Gasteiger partial charge in [0, 0.05) is 6.92 Å². The van der Waals surface area contributed by atoms with Crippen LogP contribution in [0, 0.1) is 6.92 Å². The van der Waals surface area contributed by atoms with Crippen molar-refractivity contribution in [3.8, 4) is 0 Å². The molecule has 1 aromatic heterocycles. The van der Waals surface area contributed by atoms with Crippen molar-refractivity contribution in [3.05, 3.63) is 5.89 Å². The first-order valence-electron chi connectivity index (χ1n) is 3.34. The Labute approximate surface area is 77.7 Å². The molecule has 0 saturated carbocycles. The largest absolute Gasteiger partial charge is 0.408 e. The SMILES string of the molecule is Cc1nnc(NC(=O)C(C)Br)o1. The molecule has 1 amide bonds. The fraction of sp³-hybridized carbons (Fsp3) is 0.500. The fourth-order valence-electron chi connectivity index (χ4n) is 0.552. The third-order valence-electron chi connectivity index (χ3n) is 1.12. The van der Waals surface area contributed by atoms with Gasteiger partial charge in [0.15, 0.2) is 0 Å².